The molecule has 1 aliphatic rings. The third-order valence-electron chi connectivity index (χ3n) is 2.96. The fraction of sp³-hybridized carbons (Fsp3) is 1.00. The molecule has 0 aromatic carbocycles. The zero-order valence-electron chi connectivity index (χ0n) is 8.66. The largest absolute Gasteiger partial charge is 0.385 e. The third kappa shape index (κ3) is 2.93. The Labute approximate surface area is 85.7 Å². The second kappa shape index (κ2) is 4.59. The Hall–Kier alpha value is -0.130. The summed E-state index contributed by atoms with van der Waals surface area (Å²) in [6.07, 6.45) is 2.47. The minimum atomic E-state index is -2.82. The van der Waals surface area contributed by atoms with Gasteiger partial charge in [0.05, 0.1) is 11.5 Å². The maximum atomic E-state index is 11.4. The van der Waals surface area contributed by atoms with Gasteiger partial charge in [-0.05, 0) is 31.2 Å². The van der Waals surface area contributed by atoms with Crippen molar-refractivity contribution in [3.8, 4) is 0 Å². The molecule has 1 heterocycles. The number of hydrogen-bond acceptors (Lipinski definition) is 4. The first kappa shape index (κ1) is 11.9. The second-order valence-electron chi connectivity index (χ2n) is 4.14. The van der Waals surface area contributed by atoms with Crippen LogP contribution < -0.4 is 5.73 Å². The number of methoxy groups -OCH3 is 1. The van der Waals surface area contributed by atoms with Crippen LogP contribution in [0.3, 0.4) is 0 Å². The molecule has 0 saturated carbocycles. The number of hydrogen-bond donors (Lipinski definition) is 1. The molecular weight excluding hydrogens is 202 g/mol. The first-order chi connectivity index (χ1) is 6.54. The van der Waals surface area contributed by atoms with E-state index in [1.807, 2.05) is 0 Å². The Morgan fingerprint density at radius 2 is 2.21 bits per heavy atom. The summed E-state index contributed by atoms with van der Waals surface area (Å²) >= 11 is 0. The maximum absolute atomic E-state index is 11.4. The highest BCUT2D eigenvalue weighted by Gasteiger charge is 2.40. The average molecular weight is 221 g/mol. The minimum Gasteiger partial charge on any atom is -0.385 e. The van der Waals surface area contributed by atoms with Gasteiger partial charge in [0.1, 0.15) is 0 Å². The first-order valence-corrected chi connectivity index (χ1v) is 6.75. The van der Waals surface area contributed by atoms with Crippen molar-refractivity contribution in [1.82, 2.24) is 0 Å². The van der Waals surface area contributed by atoms with E-state index >= 15 is 0 Å². The van der Waals surface area contributed by atoms with E-state index in [2.05, 4.69) is 0 Å². The molecular formula is C9H19NO3S. The standard InChI is InChI=1S/C9H19NO3S/c1-13-5-2-3-9(7-10)4-6-14(11,12)8-9/h2-8,10H2,1H3. The Morgan fingerprint density at radius 3 is 2.64 bits per heavy atom. The first-order valence-electron chi connectivity index (χ1n) is 4.93. The summed E-state index contributed by atoms with van der Waals surface area (Å²) in [5.41, 5.74) is 5.50. The number of ether oxygens (including phenoxy) is 1. The van der Waals surface area contributed by atoms with Crippen molar-refractivity contribution in [1.29, 1.82) is 0 Å². The zero-order valence-corrected chi connectivity index (χ0v) is 9.48. The summed E-state index contributed by atoms with van der Waals surface area (Å²) in [6.45, 7) is 1.15. The molecule has 0 spiro atoms. The van der Waals surface area contributed by atoms with Gasteiger partial charge in [0.15, 0.2) is 9.84 Å². The predicted molar refractivity (Wildman–Crippen MR) is 55.9 cm³/mol. The van der Waals surface area contributed by atoms with Gasteiger partial charge in [-0.3, -0.25) is 0 Å². The lowest BCUT2D eigenvalue weighted by Crippen LogP contribution is -2.32. The highest BCUT2D eigenvalue weighted by atomic mass is 32.2. The highest BCUT2D eigenvalue weighted by molar-refractivity contribution is 7.91. The molecule has 1 aliphatic heterocycles. The van der Waals surface area contributed by atoms with Crippen molar-refractivity contribution >= 4 is 9.84 Å². The van der Waals surface area contributed by atoms with Gasteiger partial charge in [0, 0.05) is 13.7 Å². The molecule has 0 amide bonds. The van der Waals surface area contributed by atoms with Crippen LogP contribution >= 0.6 is 0 Å². The van der Waals surface area contributed by atoms with Gasteiger partial charge in [-0.2, -0.15) is 0 Å². The van der Waals surface area contributed by atoms with Crippen LogP contribution in [0.5, 0.6) is 0 Å². The maximum Gasteiger partial charge on any atom is 0.150 e. The molecule has 84 valence electrons. The second-order valence-corrected chi connectivity index (χ2v) is 6.33. The fourth-order valence-electron chi connectivity index (χ4n) is 2.03. The van der Waals surface area contributed by atoms with Gasteiger partial charge in [0.25, 0.3) is 0 Å². The van der Waals surface area contributed by atoms with Crippen LogP contribution in [-0.2, 0) is 14.6 Å². The summed E-state index contributed by atoms with van der Waals surface area (Å²) in [7, 11) is -1.17. The van der Waals surface area contributed by atoms with E-state index in [0.29, 0.717) is 18.9 Å². The van der Waals surface area contributed by atoms with Crippen molar-refractivity contribution in [3.05, 3.63) is 0 Å². The summed E-state index contributed by atoms with van der Waals surface area (Å²) in [5.74, 6) is 0.567. The number of sulfone groups is 1. The smallest absolute Gasteiger partial charge is 0.150 e. The van der Waals surface area contributed by atoms with Crippen molar-refractivity contribution in [3.63, 3.8) is 0 Å². The molecule has 1 atom stereocenters. The molecule has 0 aromatic rings. The Kier molecular flexibility index (Phi) is 3.92. The molecule has 0 bridgehead atoms. The number of nitrogens with two attached hydrogens (primary N) is 1. The molecule has 4 nitrogen and oxygen atoms in total. The molecule has 1 saturated heterocycles. The van der Waals surface area contributed by atoms with Gasteiger partial charge >= 0.3 is 0 Å². The van der Waals surface area contributed by atoms with E-state index in [0.717, 1.165) is 19.3 Å². The van der Waals surface area contributed by atoms with Crippen molar-refractivity contribution < 1.29 is 13.2 Å². The van der Waals surface area contributed by atoms with Crippen LogP contribution in [0.25, 0.3) is 0 Å². The average Bonchev–Trinajstić information content (AvgIpc) is 2.44. The monoisotopic (exact) mass is 221 g/mol. The van der Waals surface area contributed by atoms with E-state index in [1.54, 1.807) is 7.11 Å². The van der Waals surface area contributed by atoms with Crippen molar-refractivity contribution in [2.75, 3.05) is 31.8 Å². The van der Waals surface area contributed by atoms with Gasteiger partial charge < -0.3 is 10.5 Å². The van der Waals surface area contributed by atoms with Gasteiger partial charge in [-0.15, -0.1) is 0 Å². The quantitative estimate of drug-likeness (QED) is 0.672. The van der Waals surface area contributed by atoms with E-state index in [1.165, 1.54) is 0 Å². The normalized spacial score (nSPS) is 30.7. The topological polar surface area (TPSA) is 69.4 Å². The molecule has 2 N–H and O–H groups in total. The zero-order chi connectivity index (χ0) is 10.7. The van der Waals surface area contributed by atoms with E-state index in [9.17, 15) is 8.42 Å². The van der Waals surface area contributed by atoms with E-state index in [-0.39, 0.29) is 11.2 Å². The summed E-state index contributed by atoms with van der Waals surface area (Å²) in [6, 6.07) is 0. The SMILES string of the molecule is COCCCC1(CN)CCS(=O)(=O)C1. The molecule has 14 heavy (non-hydrogen) atoms. The molecule has 0 aromatic heterocycles. The van der Waals surface area contributed by atoms with Crippen LogP contribution in [0.15, 0.2) is 0 Å². The molecule has 0 radical (unpaired) electrons. The Bertz CT molecular complexity index is 276. The van der Waals surface area contributed by atoms with Gasteiger partial charge in [0.2, 0.25) is 0 Å². The summed E-state index contributed by atoms with van der Waals surface area (Å²) in [4.78, 5) is 0. The molecule has 1 unspecified atom stereocenters. The van der Waals surface area contributed by atoms with Crippen LogP contribution in [0, 0.1) is 5.41 Å². The van der Waals surface area contributed by atoms with Gasteiger partial charge in [-0.1, -0.05) is 0 Å². The lowest BCUT2D eigenvalue weighted by atomic mass is 9.83. The Morgan fingerprint density at radius 1 is 1.50 bits per heavy atom. The lowest BCUT2D eigenvalue weighted by molar-refractivity contribution is 0.174. The summed E-state index contributed by atoms with van der Waals surface area (Å²) < 4.78 is 27.7. The van der Waals surface area contributed by atoms with Crippen LogP contribution in [0.2, 0.25) is 0 Å². The number of rotatable bonds is 5. The van der Waals surface area contributed by atoms with Crippen LogP contribution in [0.1, 0.15) is 19.3 Å². The lowest BCUT2D eigenvalue weighted by Gasteiger charge is -2.25. The van der Waals surface area contributed by atoms with Crippen molar-refractivity contribution in [2.45, 2.75) is 19.3 Å². The van der Waals surface area contributed by atoms with Gasteiger partial charge in [-0.25, -0.2) is 8.42 Å². The van der Waals surface area contributed by atoms with Crippen molar-refractivity contribution in [2.24, 2.45) is 11.1 Å². The summed E-state index contributed by atoms with van der Waals surface area (Å²) in [5, 5.41) is 0. The molecule has 1 fully saturated rings. The van der Waals surface area contributed by atoms with Crippen LogP contribution in [-0.4, -0.2) is 40.2 Å². The molecule has 0 aliphatic carbocycles. The minimum absolute atomic E-state index is 0.169. The fourth-order valence-corrected chi connectivity index (χ4v) is 4.26. The van der Waals surface area contributed by atoms with E-state index in [4.69, 9.17) is 10.5 Å². The third-order valence-corrected chi connectivity index (χ3v) is 4.84. The Balaban J connectivity index is 2.52. The highest BCUT2D eigenvalue weighted by Crippen LogP contribution is 2.35. The predicted octanol–water partition coefficient (Wildman–Crippen LogP) is 0.177. The van der Waals surface area contributed by atoms with E-state index < -0.39 is 9.84 Å². The molecule has 5 heteroatoms. The molecule has 1 rings (SSSR count). The van der Waals surface area contributed by atoms with Crippen LogP contribution in [0.4, 0.5) is 0 Å².